The highest BCUT2D eigenvalue weighted by molar-refractivity contribution is 5.66. The molecule has 0 radical (unpaired) electrons. The lowest BCUT2D eigenvalue weighted by atomic mass is 9.89. The zero-order valence-corrected chi connectivity index (χ0v) is 14.1. The first-order valence-electron chi connectivity index (χ1n) is 9.40. The number of nitrogens with zero attached hydrogens (tertiary/aromatic N) is 2. The van der Waals surface area contributed by atoms with E-state index < -0.39 is 5.97 Å². The second-order valence-corrected chi connectivity index (χ2v) is 7.18. The third-order valence-corrected chi connectivity index (χ3v) is 5.37. The van der Waals surface area contributed by atoms with Crippen LogP contribution < -0.4 is 0 Å². The summed E-state index contributed by atoms with van der Waals surface area (Å²) in [4.78, 5) is 15.3. The summed E-state index contributed by atoms with van der Waals surface area (Å²) in [6.45, 7) is 7.84. The van der Waals surface area contributed by atoms with E-state index >= 15 is 0 Å². The monoisotopic (exact) mass is 310 g/mol. The average molecular weight is 310 g/mol. The number of carboxylic acid groups (broad SMARTS) is 1. The fraction of sp³-hybridized carbons (Fsp3) is 0.944. The van der Waals surface area contributed by atoms with Gasteiger partial charge < -0.3 is 14.9 Å². The van der Waals surface area contributed by atoms with Crippen molar-refractivity contribution in [3.05, 3.63) is 0 Å². The molecule has 4 aliphatic rings. The molecule has 1 N–H and O–H groups in total. The van der Waals surface area contributed by atoms with Crippen LogP contribution in [0.3, 0.4) is 0 Å². The Morgan fingerprint density at radius 3 is 1.95 bits per heavy atom. The topological polar surface area (TPSA) is 43.8 Å². The van der Waals surface area contributed by atoms with Gasteiger partial charge in [-0.3, -0.25) is 4.79 Å². The number of carboxylic acids is 1. The molecule has 4 nitrogen and oxygen atoms in total. The molecule has 0 spiro atoms. The molecular weight excluding hydrogens is 276 g/mol. The van der Waals surface area contributed by atoms with E-state index in [1.165, 1.54) is 77.8 Å². The van der Waals surface area contributed by atoms with E-state index in [-0.39, 0.29) is 0 Å². The van der Waals surface area contributed by atoms with E-state index in [0.717, 1.165) is 25.2 Å². The number of fused-ring (bicyclic) bond motifs is 3. The maximum atomic E-state index is 10.3. The summed E-state index contributed by atoms with van der Waals surface area (Å²) in [5.41, 5.74) is 0. The van der Waals surface area contributed by atoms with Crippen molar-refractivity contribution < 1.29 is 9.90 Å². The summed E-state index contributed by atoms with van der Waals surface area (Å²) in [6, 6.07) is 0. The fourth-order valence-electron chi connectivity index (χ4n) is 3.84. The molecule has 0 unspecified atom stereocenters. The van der Waals surface area contributed by atoms with Crippen molar-refractivity contribution in [2.75, 3.05) is 39.3 Å². The third-order valence-electron chi connectivity index (χ3n) is 5.37. The van der Waals surface area contributed by atoms with Crippen molar-refractivity contribution in [1.29, 1.82) is 0 Å². The molecule has 4 rings (SSSR count). The molecular formula is C18H34N2O2. The maximum Gasteiger partial charge on any atom is 0.303 e. The van der Waals surface area contributed by atoms with Crippen LogP contribution in [0.5, 0.6) is 0 Å². The Morgan fingerprint density at radius 2 is 1.50 bits per heavy atom. The number of unbranched alkanes of at least 4 members (excludes halogenated alkanes) is 2. The van der Waals surface area contributed by atoms with E-state index in [4.69, 9.17) is 5.11 Å². The molecule has 4 saturated heterocycles. The van der Waals surface area contributed by atoms with E-state index in [2.05, 4.69) is 9.80 Å². The van der Waals surface area contributed by atoms with Crippen molar-refractivity contribution in [2.45, 2.75) is 64.2 Å². The number of aliphatic carboxylic acids is 1. The summed E-state index contributed by atoms with van der Waals surface area (Å²) in [5.74, 6) is 0.447. The highest BCUT2D eigenvalue weighted by Gasteiger charge is 2.24. The second kappa shape index (κ2) is 10.2. The molecule has 0 amide bonds. The van der Waals surface area contributed by atoms with Crippen LogP contribution >= 0.6 is 0 Å². The second-order valence-electron chi connectivity index (χ2n) is 7.18. The third kappa shape index (κ3) is 7.10. The van der Waals surface area contributed by atoms with Gasteiger partial charge in [0.15, 0.2) is 0 Å². The number of hydrogen-bond donors (Lipinski definition) is 1. The standard InChI is InChI=1S/C11H21NO2.C7H13N/c13-11(14)7-3-1-4-8-12-9-5-2-6-10-12;1-4-8-5-2-7(1)3-6-8/h1-10H2,(H,13,14);7H,1-6H2. The van der Waals surface area contributed by atoms with Crippen LogP contribution in [0.1, 0.15) is 64.2 Å². The van der Waals surface area contributed by atoms with Gasteiger partial charge in [0, 0.05) is 6.42 Å². The average Bonchev–Trinajstić information content (AvgIpc) is 2.58. The van der Waals surface area contributed by atoms with Crippen molar-refractivity contribution in [3.63, 3.8) is 0 Å². The molecule has 0 aromatic heterocycles. The Hall–Kier alpha value is -0.610. The van der Waals surface area contributed by atoms with Crippen LogP contribution in [0.15, 0.2) is 0 Å². The van der Waals surface area contributed by atoms with Crippen LogP contribution in [0, 0.1) is 5.92 Å². The predicted octanol–water partition coefficient (Wildman–Crippen LogP) is 3.22. The zero-order chi connectivity index (χ0) is 15.6. The lowest BCUT2D eigenvalue weighted by Crippen LogP contribution is -2.41. The number of rotatable bonds is 6. The molecule has 0 aliphatic carbocycles. The van der Waals surface area contributed by atoms with Gasteiger partial charge in [-0.25, -0.2) is 0 Å². The molecule has 22 heavy (non-hydrogen) atoms. The first-order chi connectivity index (χ1) is 10.7. The van der Waals surface area contributed by atoms with Crippen molar-refractivity contribution in [2.24, 2.45) is 5.92 Å². The minimum atomic E-state index is -0.664. The fourth-order valence-corrected chi connectivity index (χ4v) is 3.84. The lowest BCUT2D eigenvalue weighted by molar-refractivity contribution is -0.137. The Labute approximate surface area is 135 Å². The van der Waals surface area contributed by atoms with Gasteiger partial charge in [-0.1, -0.05) is 12.8 Å². The Bertz CT molecular complexity index is 285. The predicted molar refractivity (Wildman–Crippen MR) is 90.2 cm³/mol. The highest BCUT2D eigenvalue weighted by atomic mass is 16.4. The van der Waals surface area contributed by atoms with Crippen LogP contribution in [0.2, 0.25) is 0 Å². The molecule has 128 valence electrons. The maximum absolute atomic E-state index is 10.3. The summed E-state index contributed by atoms with van der Waals surface area (Å²) in [6.07, 6.45) is 11.9. The summed E-state index contributed by atoms with van der Waals surface area (Å²) >= 11 is 0. The minimum absolute atomic E-state index is 0.333. The molecule has 0 atom stereocenters. The molecule has 4 fully saturated rings. The Balaban J connectivity index is 0.000000183. The van der Waals surface area contributed by atoms with Gasteiger partial charge in [-0.2, -0.15) is 0 Å². The van der Waals surface area contributed by atoms with E-state index in [9.17, 15) is 4.79 Å². The summed E-state index contributed by atoms with van der Waals surface area (Å²) in [7, 11) is 0. The summed E-state index contributed by atoms with van der Waals surface area (Å²) in [5, 5.41) is 8.45. The van der Waals surface area contributed by atoms with Gasteiger partial charge >= 0.3 is 5.97 Å². The summed E-state index contributed by atoms with van der Waals surface area (Å²) < 4.78 is 0. The van der Waals surface area contributed by atoms with E-state index in [1.807, 2.05) is 0 Å². The van der Waals surface area contributed by atoms with Gasteiger partial charge in [0.05, 0.1) is 0 Å². The molecule has 4 heteroatoms. The molecule has 2 bridgehead atoms. The lowest BCUT2D eigenvalue weighted by Gasteiger charge is -2.38. The minimum Gasteiger partial charge on any atom is -0.481 e. The quantitative estimate of drug-likeness (QED) is 0.765. The number of likely N-dealkylation sites (tertiary alicyclic amines) is 1. The molecule has 4 heterocycles. The Morgan fingerprint density at radius 1 is 0.864 bits per heavy atom. The van der Waals surface area contributed by atoms with Crippen molar-refractivity contribution in [3.8, 4) is 0 Å². The first-order valence-corrected chi connectivity index (χ1v) is 9.40. The van der Waals surface area contributed by atoms with E-state index in [1.54, 1.807) is 0 Å². The van der Waals surface area contributed by atoms with Crippen molar-refractivity contribution >= 4 is 5.97 Å². The highest BCUT2D eigenvalue weighted by Crippen LogP contribution is 2.26. The number of hydrogen-bond acceptors (Lipinski definition) is 3. The Kier molecular flexibility index (Phi) is 8.24. The molecule has 0 saturated carbocycles. The number of carbonyl (C=O) groups is 1. The SMILES string of the molecule is C1CN2CCC1CC2.O=C(O)CCCCCN1CCCCC1. The normalized spacial score (nSPS) is 28.0. The van der Waals surface area contributed by atoms with E-state index in [0.29, 0.717) is 6.42 Å². The molecule has 0 aromatic rings. The van der Waals surface area contributed by atoms with Crippen LogP contribution in [-0.2, 0) is 4.79 Å². The first kappa shape index (κ1) is 17.7. The smallest absolute Gasteiger partial charge is 0.303 e. The van der Waals surface area contributed by atoms with Gasteiger partial charge in [0.25, 0.3) is 0 Å². The van der Waals surface area contributed by atoms with Gasteiger partial charge in [-0.15, -0.1) is 0 Å². The van der Waals surface area contributed by atoms with Gasteiger partial charge in [-0.05, 0) is 90.1 Å². The van der Waals surface area contributed by atoms with Crippen LogP contribution in [0.4, 0.5) is 0 Å². The van der Waals surface area contributed by atoms with Crippen LogP contribution in [-0.4, -0.2) is 60.1 Å². The number of piperidine rings is 4. The van der Waals surface area contributed by atoms with Gasteiger partial charge in [0.1, 0.15) is 0 Å². The molecule has 0 aromatic carbocycles. The molecule has 4 aliphatic heterocycles. The van der Waals surface area contributed by atoms with Crippen molar-refractivity contribution in [1.82, 2.24) is 9.80 Å². The van der Waals surface area contributed by atoms with Crippen LogP contribution in [0.25, 0.3) is 0 Å². The van der Waals surface area contributed by atoms with Gasteiger partial charge in [0.2, 0.25) is 0 Å². The largest absolute Gasteiger partial charge is 0.481 e. The zero-order valence-electron chi connectivity index (χ0n) is 14.1.